The molecule has 0 fully saturated rings. The van der Waals surface area contributed by atoms with E-state index < -0.39 is 0 Å². The highest BCUT2D eigenvalue weighted by Gasteiger charge is 2.19. The van der Waals surface area contributed by atoms with Crippen LogP contribution in [-0.2, 0) is 4.79 Å². The lowest BCUT2D eigenvalue weighted by Crippen LogP contribution is -2.23. The first-order chi connectivity index (χ1) is 12.9. The molecule has 1 amide bonds. The van der Waals surface area contributed by atoms with Crippen LogP contribution in [-0.4, -0.2) is 26.3 Å². The highest BCUT2D eigenvalue weighted by molar-refractivity contribution is 8.00. The topological polar surface area (TPSA) is 70.7 Å². The number of nitrogens with zero attached hydrogens (tertiary/aromatic N) is 2. The van der Waals surface area contributed by atoms with Crippen LogP contribution in [0.15, 0.2) is 53.7 Å². The van der Waals surface area contributed by atoms with Crippen LogP contribution in [0.2, 0.25) is 0 Å². The van der Waals surface area contributed by atoms with Gasteiger partial charge in [-0.25, -0.2) is 4.98 Å². The number of benzene rings is 2. The molecule has 1 heterocycles. The van der Waals surface area contributed by atoms with Gasteiger partial charge in [0, 0.05) is 11.3 Å². The first kappa shape index (κ1) is 19.2. The van der Waals surface area contributed by atoms with Gasteiger partial charge in [-0.3, -0.25) is 9.89 Å². The van der Waals surface area contributed by atoms with Crippen molar-refractivity contribution in [1.29, 1.82) is 0 Å². The van der Waals surface area contributed by atoms with Crippen molar-refractivity contribution in [3.05, 3.63) is 59.7 Å². The van der Waals surface area contributed by atoms with Crippen LogP contribution in [0.5, 0.6) is 0 Å². The van der Waals surface area contributed by atoms with E-state index in [1.165, 1.54) is 17.3 Å². The molecule has 0 radical (unpaired) electrons. The van der Waals surface area contributed by atoms with Gasteiger partial charge in [0.15, 0.2) is 5.82 Å². The molecule has 0 unspecified atom stereocenters. The number of anilines is 1. The molecule has 2 N–H and O–H groups in total. The summed E-state index contributed by atoms with van der Waals surface area (Å²) in [5.74, 6) is 0.986. The Labute approximate surface area is 164 Å². The third-order valence-corrected chi connectivity index (χ3v) is 5.24. The summed E-state index contributed by atoms with van der Waals surface area (Å²) >= 11 is 1.34. The van der Waals surface area contributed by atoms with Crippen molar-refractivity contribution in [2.45, 2.75) is 44.0 Å². The van der Waals surface area contributed by atoms with Gasteiger partial charge in [0.2, 0.25) is 11.1 Å². The Balaban J connectivity index is 1.66. The van der Waals surface area contributed by atoms with Crippen LogP contribution in [0.1, 0.15) is 37.8 Å². The molecule has 2 aromatic carbocycles. The number of amides is 1. The van der Waals surface area contributed by atoms with Crippen molar-refractivity contribution in [1.82, 2.24) is 15.2 Å². The molecule has 5 nitrogen and oxygen atoms in total. The Hall–Kier alpha value is -2.60. The van der Waals surface area contributed by atoms with Gasteiger partial charge >= 0.3 is 0 Å². The van der Waals surface area contributed by atoms with Crippen molar-refractivity contribution < 1.29 is 4.79 Å². The monoisotopic (exact) mass is 380 g/mol. The zero-order valence-electron chi connectivity index (χ0n) is 16.0. The molecule has 0 aliphatic heterocycles. The lowest BCUT2D eigenvalue weighted by Gasteiger charge is -2.15. The number of aromatic amines is 1. The van der Waals surface area contributed by atoms with E-state index in [-0.39, 0.29) is 11.2 Å². The summed E-state index contributed by atoms with van der Waals surface area (Å²) < 4.78 is 0. The molecule has 140 valence electrons. The highest BCUT2D eigenvalue weighted by Crippen LogP contribution is 2.27. The van der Waals surface area contributed by atoms with Crippen LogP contribution in [0.4, 0.5) is 5.69 Å². The maximum absolute atomic E-state index is 12.6. The number of aromatic nitrogens is 3. The number of hydrogen-bond donors (Lipinski definition) is 2. The predicted molar refractivity (Wildman–Crippen MR) is 111 cm³/mol. The van der Waals surface area contributed by atoms with Gasteiger partial charge in [-0.15, -0.1) is 5.10 Å². The summed E-state index contributed by atoms with van der Waals surface area (Å²) in [6.07, 6.45) is 0. The van der Waals surface area contributed by atoms with Crippen LogP contribution in [0, 0.1) is 6.92 Å². The van der Waals surface area contributed by atoms with Crippen molar-refractivity contribution in [2.24, 2.45) is 0 Å². The Morgan fingerprint density at radius 1 is 1.07 bits per heavy atom. The standard InChI is InChI=1S/C21H24N4OS/c1-13(2)17-7-5-6-8-18(17)22-20(26)15(4)27-21-23-19(24-25-21)16-11-9-14(3)10-12-16/h5-13,15H,1-4H3,(H,22,26)(H,23,24,25)/t15-/m1/s1. The number of nitrogens with one attached hydrogen (secondary N) is 2. The average Bonchev–Trinajstić information content (AvgIpc) is 3.11. The van der Waals surface area contributed by atoms with Gasteiger partial charge in [0.25, 0.3) is 0 Å². The Morgan fingerprint density at radius 2 is 1.78 bits per heavy atom. The van der Waals surface area contributed by atoms with Gasteiger partial charge in [0.05, 0.1) is 5.25 Å². The number of carbonyl (C=O) groups is 1. The molecule has 0 spiro atoms. The first-order valence-corrected chi connectivity index (χ1v) is 9.88. The number of thioether (sulfide) groups is 1. The largest absolute Gasteiger partial charge is 0.325 e. The maximum atomic E-state index is 12.6. The second-order valence-corrected chi connectivity index (χ2v) is 8.13. The van der Waals surface area contributed by atoms with Crippen molar-refractivity contribution in [3.8, 4) is 11.4 Å². The summed E-state index contributed by atoms with van der Waals surface area (Å²) in [6.45, 7) is 8.13. The number of aryl methyl sites for hydroxylation is 1. The molecule has 0 saturated heterocycles. The molecule has 0 aliphatic rings. The van der Waals surface area contributed by atoms with Gasteiger partial charge in [0.1, 0.15) is 0 Å². The highest BCUT2D eigenvalue weighted by atomic mass is 32.2. The molecular formula is C21H24N4OS. The molecule has 3 rings (SSSR count). The van der Waals surface area contributed by atoms with E-state index in [2.05, 4.69) is 34.3 Å². The van der Waals surface area contributed by atoms with E-state index >= 15 is 0 Å². The molecule has 0 bridgehead atoms. The molecule has 27 heavy (non-hydrogen) atoms. The average molecular weight is 381 g/mol. The van der Waals surface area contributed by atoms with E-state index in [4.69, 9.17) is 0 Å². The minimum Gasteiger partial charge on any atom is -0.325 e. The SMILES string of the molecule is Cc1ccc(-c2nc(S[C@H](C)C(=O)Nc3ccccc3C(C)C)n[nH]2)cc1. The number of para-hydroxylation sites is 1. The molecule has 0 saturated carbocycles. The Kier molecular flexibility index (Phi) is 5.96. The van der Waals surface area contributed by atoms with E-state index in [0.717, 1.165) is 16.8 Å². The van der Waals surface area contributed by atoms with Crippen LogP contribution >= 0.6 is 11.8 Å². The molecule has 1 aromatic heterocycles. The quantitative estimate of drug-likeness (QED) is 0.589. The van der Waals surface area contributed by atoms with Gasteiger partial charge in [-0.05, 0) is 31.4 Å². The predicted octanol–water partition coefficient (Wildman–Crippen LogP) is 5.02. The van der Waals surface area contributed by atoms with E-state index in [0.29, 0.717) is 16.9 Å². The molecule has 3 aromatic rings. The van der Waals surface area contributed by atoms with Crippen LogP contribution < -0.4 is 5.32 Å². The lowest BCUT2D eigenvalue weighted by molar-refractivity contribution is -0.115. The third kappa shape index (κ3) is 4.77. The number of carbonyl (C=O) groups excluding carboxylic acids is 1. The summed E-state index contributed by atoms with van der Waals surface area (Å²) in [5, 5.41) is 10.5. The van der Waals surface area contributed by atoms with Gasteiger partial charge < -0.3 is 5.32 Å². The van der Waals surface area contributed by atoms with Crippen molar-refractivity contribution in [3.63, 3.8) is 0 Å². The Bertz CT molecular complexity index is 918. The van der Waals surface area contributed by atoms with Crippen LogP contribution in [0.25, 0.3) is 11.4 Å². The second kappa shape index (κ2) is 8.39. The van der Waals surface area contributed by atoms with Gasteiger partial charge in [-0.1, -0.05) is 73.6 Å². The summed E-state index contributed by atoms with van der Waals surface area (Å²) in [6, 6.07) is 16.0. The third-order valence-electron chi connectivity index (χ3n) is 4.28. The Morgan fingerprint density at radius 3 is 2.48 bits per heavy atom. The normalized spacial score (nSPS) is 12.2. The van der Waals surface area contributed by atoms with Crippen molar-refractivity contribution in [2.75, 3.05) is 5.32 Å². The number of hydrogen-bond acceptors (Lipinski definition) is 4. The lowest BCUT2D eigenvalue weighted by atomic mass is 10.0. The molecule has 1 atom stereocenters. The number of H-pyrrole nitrogens is 1. The van der Waals surface area contributed by atoms with Crippen LogP contribution in [0.3, 0.4) is 0 Å². The molecular weight excluding hydrogens is 356 g/mol. The molecule has 0 aliphatic carbocycles. The summed E-state index contributed by atoms with van der Waals surface area (Å²) in [7, 11) is 0. The fraction of sp³-hybridized carbons (Fsp3) is 0.286. The van der Waals surface area contributed by atoms with E-state index in [1.54, 1.807) is 0 Å². The van der Waals surface area contributed by atoms with E-state index in [1.807, 2.05) is 62.4 Å². The fourth-order valence-electron chi connectivity index (χ4n) is 2.70. The number of rotatable bonds is 6. The smallest absolute Gasteiger partial charge is 0.237 e. The second-order valence-electron chi connectivity index (χ2n) is 6.82. The zero-order valence-corrected chi connectivity index (χ0v) is 16.8. The summed E-state index contributed by atoms with van der Waals surface area (Å²) in [5.41, 5.74) is 4.16. The fourth-order valence-corrected chi connectivity index (χ4v) is 3.42. The van der Waals surface area contributed by atoms with Gasteiger partial charge in [-0.2, -0.15) is 0 Å². The van der Waals surface area contributed by atoms with E-state index in [9.17, 15) is 4.79 Å². The first-order valence-electron chi connectivity index (χ1n) is 9.00. The summed E-state index contributed by atoms with van der Waals surface area (Å²) in [4.78, 5) is 17.1. The molecule has 6 heteroatoms. The minimum absolute atomic E-state index is 0.0604. The van der Waals surface area contributed by atoms with Crippen molar-refractivity contribution >= 4 is 23.4 Å². The minimum atomic E-state index is -0.313. The maximum Gasteiger partial charge on any atom is 0.237 e. The zero-order chi connectivity index (χ0) is 19.4.